The minimum absolute atomic E-state index is 0. The number of hydrogen-bond acceptors (Lipinski definition) is 5. The van der Waals surface area contributed by atoms with Gasteiger partial charge in [0.25, 0.3) is 11.8 Å². The molecule has 3 rings (SSSR count). The number of amides is 2. The van der Waals surface area contributed by atoms with Crippen molar-refractivity contribution >= 4 is 36.1 Å². The van der Waals surface area contributed by atoms with Crippen LogP contribution < -0.4 is 10.8 Å². The van der Waals surface area contributed by atoms with Crippen LogP contribution in [0.5, 0.6) is 0 Å². The second-order valence-electron chi connectivity index (χ2n) is 6.50. The summed E-state index contributed by atoms with van der Waals surface area (Å²) in [7, 11) is 0. The van der Waals surface area contributed by atoms with Crippen molar-refractivity contribution in [3.05, 3.63) is 65.6 Å². The van der Waals surface area contributed by atoms with Crippen LogP contribution in [0, 0.1) is 5.82 Å². The van der Waals surface area contributed by atoms with Crippen LogP contribution in [0.25, 0.3) is 6.08 Å². The summed E-state index contributed by atoms with van der Waals surface area (Å²) >= 11 is 0. The van der Waals surface area contributed by atoms with E-state index in [1.165, 1.54) is 35.8 Å². The fraction of sp³-hybridized carbons (Fsp3) is 0.250. The van der Waals surface area contributed by atoms with E-state index in [0.717, 1.165) is 18.4 Å². The zero-order valence-electron chi connectivity index (χ0n) is 15.5. The molecule has 9 heteroatoms. The number of rotatable bonds is 5. The highest BCUT2D eigenvalue weighted by Gasteiger charge is 2.23. The van der Waals surface area contributed by atoms with Crippen molar-refractivity contribution in [1.29, 1.82) is 0 Å². The first-order chi connectivity index (χ1) is 13.5. The van der Waals surface area contributed by atoms with E-state index in [1.807, 2.05) is 12.1 Å². The lowest BCUT2D eigenvalue weighted by molar-refractivity contribution is -0.124. The molecule has 1 aliphatic heterocycles. The topological polar surface area (TPSA) is 94.6 Å². The van der Waals surface area contributed by atoms with Gasteiger partial charge in [0.1, 0.15) is 11.6 Å². The Bertz CT molecular complexity index is 851. The molecule has 0 bridgehead atoms. The summed E-state index contributed by atoms with van der Waals surface area (Å²) in [6, 6.07) is 9.42. The van der Waals surface area contributed by atoms with Gasteiger partial charge in [0.2, 0.25) is 0 Å². The first-order valence-electron chi connectivity index (χ1n) is 8.95. The van der Waals surface area contributed by atoms with Gasteiger partial charge in [-0.1, -0.05) is 0 Å². The summed E-state index contributed by atoms with van der Waals surface area (Å²) in [5, 5.41) is 11.8. The fourth-order valence-electron chi connectivity index (χ4n) is 3.01. The number of pyridine rings is 1. The maximum Gasteiger partial charge on any atom is 0.267 e. The van der Waals surface area contributed by atoms with Gasteiger partial charge < -0.3 is 10.2 Å². The Balaban J connectivity index is 0.00000300. The number of nitrogens with one attached hydrogen (secondary N) is 2. The molecule has 2 aromatic rings. The molecule has 1 aromatic carbocycles. The maximum atomic E-state index is 13.0. The van der Waals surface area contributed by atoms with Gasteiger partial charge in [0, 0.05) is 37.0 Å². The van der Waals surface area contributed by atoms with E-state index in [2.05, 4.69) is 10.3 Å². The largest absolute Gasteiger partial charge is 0.367 e. The van der Waals surface area contributed by atoms with Gasteiger partial charge >= 0.3 is 0 Å². The van der Waals surface area contributed by atoms with Gasteiger partial charge in [-0.2, -0.15) is 0 Å². The van der Waals surface area contributed by atoms with Gasteiger partial charge in [-0.05, 0) is 60.9 Å². The second-order valence-corrected chi connectivity index (χ2v) is 6.50. The van der Waals surface area contributed by atoms with E-state index in [-0.39, 0.29) is 30.2 Å². The molecule has 1 saturated heterocycles. The molecule has 1 aliphatic rings. The first-order valence-corrected chi connectivity index (χ1v) is 8.95. The molecular formula is C20H22ClFN4O3. The lowest BCUT2D eigenvalue weighted by atomic mass is 10.0. The standard InChI is InChI=1S/C20H21FN4O3.ClH/c21-16-5-3-15(4-6-16)20(27)25-11-9-17(10-12-25)23-18-7-1-14(13-22-18)2-8-19(26)24-28;/h1-8,13,17,28H,9-12H2,(H,22,23)(H,24,26);1H/b8-2+;. The average Bonchev–Trinajstić information content (AvgIpc) is 2.73. The van der Waals surface area contributed by atoms with E-state index in [0.29, 0.717) is 24.5 Å². The van der Waals surface area contributed by atoms with E-state index >= 15 is 0 Å². The van der Waals surface area contributed by atoms with Crippen LogP contribution in [-0.4, -0.2) is 46.0 Å². The van der Waals surface area contributed by atoms with Crippen molar-refractivity contribution < 1.29 is 19.2 Å². The van der Waals surface area contributed by atoms with Gasteiger partial charge in [-0.25, -0.2) is 14.9 Å². The van der Waals surface area contributed by atoms with E-state index < -0.39 is 5.91 Å². The van der Waals surface area contributed by atoms with Crippen molar-refractivity contribution in [3.8, 4) is 0 Å². The minimum Gasteiger partial charge on any atom is -0.367 e. The molecule has 3 N–H and O–H groups in total. The summed E-state index contributed by atoms with van der Waals surface area (Å²) in [5.74, 6) is -0.332. The number of halogens is 2. The van der Waals surface area contributed by atoms with Crippen LogP contribution in [0.3, 0.4) is 0 Å². The third-order valence-corrected chi connectivity index (χ3v) is 4.55. The number of hydroxylamine groups is 1. The molecule has 29 heavy (non-hydrogen) atoms. The first kappa shape index (κ1) is 22.3. The number of carbonyl (C=O) groups excluding carboxylic acids is 2. The van der Waals surface area contributed by atoms with Crippen molar-refractivity contribution in [2.45, 2.75) is 18.9 Å². The Labute approximate surface area is 174 Å². The molecule has 0 spiro atoms. The smallest absolute Gasteiger partial charge is 0.267 e. The second kappa shape index (κ2) is 10.5. The number of carbonyl (C=O) groups is 2. The van der Waals surface area contributed by atoms with E-state index in [4.69, 9.17) is 5.21 Å². The summed E-state index contributed by atoms with van der Waals surface area (Å²) in [5.41, 5.74) is 2.75. The quantitative estimate of drug-likeness (QED) is 0.393. The molecule has 0 radical (unpaired) electrons. The maximum absolute atomic E-state index is 13.0. The molecule has 0 unspecified atom stereocenters. The number of benzene rings is 1. The molecular weight excluding hydrogens is 399 g/mol. The zero-order chi connectivity index (χ0) is 19.9. The molecule has 1 fully saturated rings. The van der Waals surface area contributed by atoms with Gasteiger partial charge in [-0.3, -0.25) is 14.8 Å². The Morgan fingerprint density at radius 2 is 1.83 bits per heavy atom. The molecule has 2 heterocycles. The van der Waals surface area contributed by atoms with Crippen LogP contribution in [0.4, 0.5) is 10.2 Å². The summed E-state index contributed by atoms with van der Waals surface area (Å²) < 4.78 is 13.0. The molecule has 0 saturated carbocycles. The summed E-state index contributed by atoms with van der Waals surface area (Å²) in [6.07, 6.45) is 5.94. The van der Waals surface area contributed by atoms with Crippen LogP contribution in [0.2, 0.25) is 0 Å². The number of hydrogen-bond donors (Lipinski definition) is 3. The van der Waals surface area contributed by atoms with Crippen molar-refractivity contribution in [2.75, 3.05) is 18.4 Å². The fourth-order valence-corrected chi connectivity index (χ4v) is 3.01. The Morgan fingerprint density at radius 3 is 2.41 bits per heavy atom. The predicted octanol–water partition coefficient (Wildman–Crippen LogP) is 2.88. The molecule has 0 aliphatic carbocycles. The van der Waals surface area contributed by atoms with Crippen LogP contribution in [-0.2, 0) is 4.79 Å². The van der Waals surface area contributed by atoms with Crippen LogP contribution in [0.1, 0.15) is 28.8 Å². The molecule has 154 valence electrons. The average molecular weight is 421 g/mol. The molecule has 0 atom stereocenters. The van der Waals surface area contributed by atoms with Crippen LogP contribution >= 0.6 is 12.4 Å². The normalized spacial score (nSPS) is 14.3. The zero-order valence-corrected chi connectivity index (χ0v) is 16.4. The number of piperidine rings is 1. The molecule has 7 nitrogen and oxygen atoms in total. The molecule has 2 amide bonds. The predicted molar refractivity (Wildman–Crippen MR) is 109 cm³/mol. The Morgan fingerprint density at radius 1 is 1.14 bits per heavy atom. The highest BCUT2D eigenvalue weighted by Crippen LogP contribution is 2.18. The SMILES string of the molecule is Cl.O=C(/C=C/c1ccc(NC2CCN(C(=O)c3ccc(F)cc3)CC2)nc1)NO. The Hall–Kier alpha value is -2.97. The Kier molecular flexibility index (Phi) is 8.11. The highest BCUT2D eigenvalue weighted by molar-refractivity contribution is 5.94. The number of likely N-dealkylation sites (tertiary alicyclic amines) is 1. The summed E-state index contributed by atoms with van der Waals surface area (Å²) in [6.45, 7) is 1.23. The van der Waals surface area contributed by atoms with E-state index in [9.17, 15) is 14.0 Å². The lowest BCUT2D eigenvalue weighted by Gasteiger charge is -2.32. The highest BCUT2D eigenvalue weighted by atomic mass is 35.5. The van der Waals surface area contributed by atoms with Gasteiger partial charge in [-0.15, -0.1) is 12.4 Å². The van der Waals surface area contributed by atoms with Gasteiger partial charge in [0.05, 0.1) is 0 Å². The van der Waals surface area contributed by atoms with Crippen molar-refractivity contribution in [3.63, 3.8) is 0 Å². The summed E-state index contributed by atoms with van der Waals surface area (Å²) in [4.78, 5) is 29.5. The lowest BCUT2D eigenvalue weighted by Crippen LogP contribution is -2.42. The van der Waals surface area contributed by atoms with Gasteiger partial charge in [0.15, 0.2) is 0 Å². The number of nitrogens with zero attached hydrogens (tertiary/aromatic N) is 2. The van der Waals surface area contributed by atoms with Crippen molar-refractivity contribution in [2.24, 2.45) is 0 Å². The van der Waals surface area contributed by atoms with Crippen molar-refractivity contribution in [1.82, 2.24) is 15.4 Å². The third-order valence-electron chi connectivity index (χ3n) is 4.55. The minimum atomic E-state index is -0.607. The molecule has 1 aromatic heterocycles. The number of anilines is 1. The third kappa shape index (κ3) is 6.27. The monoisotopic (exact) mass is 420 g/mol. The number of aromatic nitrogens is 1. The van der Waals surface area contributed by atoms with Crippen LogP contribution in [0.15, 0.2) is 48.7 Å². The van der Waals surface area contributed by atoms with E-state index in [1.54, 1.807) is 17.2 Å².